The van der Waals surface area contributed by atoms with Crippen molar-refractivity contribution in [2.24, 2.45) is 0 Å². The largest absolute Gasteiger partial charge is 0.457 e. The highest BCUT2D eigenvalue weighted by Gasteiger charge is 2.21. The van der Waals surface area contributed by atoms with Crippen molar-refractivity contribution < 1.29 is 9.53 Å². The van der Waals surface area contributed by atoms with E-state index in [9.17, 15) is 10.1 Å². The van der Waals surface area contributed by atoms with Gasteiger partial charge in [0.25, 0.3) is 5.91 Å². The number of nitriles is 1. The van der Waals surface area contributed by atoms with E-state index in [1.54, 1.807) is 30.3 Å². The molecular weight excluding hydrogens is 420 g/mol. The lowest BCUT2D eigenvalue weighted by Gasteiger charge is -2.16. The summed E-state index contributed by atoms with van der Waals surface area (Å²) in [6, 6.07) is 20.4. The van der Waals surface area contributed by atoms with Gasteiger partial charge >= 0.3 is 0 Å². The first-order valence-corrected chi connectivity index (χ1v) is 10.8. The Morgan fingerprint density at radius 2 is 1.91 bits per heavy atom. The number of benzene rings is 3. The molecule has 0 aliphatic carbocycles. The summed E-state index contributed by atoms with van der Waals surface area (Å²) in [5.41, 5.74) is 8.90. The lowest BCUT2D eigenvalue weighted by atomic mass is 9.85. The Labute approximate surface area is 190 Å². The molecule has 0 radical (unpaired) electrons. The van der Waals surface area contributed by atoms with Gasteiger partial charge in [-0.25, -0.2) is 4.98 Å². The molecular formula is C25H22N4O2S. The summed E-state index contributed by atoms with van der Waals surface area (Å²) in [7, 11) is 0. The van der Waals surface area contributed by atoms with E-state index in [0.717, 1.165) is 21.3 Å². The van der Waals surface area contributed by atoms with Crippen LogP contribution in [0, 0.1) is 18.3 Å². The van der Waals surface area contributed by atoms with Crippen LogP contribution in [-0.2, 0) is 5.41 Å². The van der Waals surface area contributed by atoms with E-state index in [4.69, 9.17) is 10.5 Å². The number of hydrogen-bond acceptors (Lipinski definition) is 6. The number of hydrogen-bond donors (Lipinski definition) is 2. The average Bonchev–Trinajstić information content (AvgIpc) is 3.15. The first kappa shape index (κ1) is 21.3. The van der Waals surface area contributed by atoms with Gasteiger partial charge in [-0.05, 0) is 62.2 Å². The molecule has 1 amide bonds. The number of ether oxygens (including phenoxy) is 1. The van der Waals surface area contributed by atoms with E-state index in [-0.39, 0.29) is 5.91 Å². The van der Waals surface area contributed by atoms with E-state index >= 15 is 0 Å². The summed E-state index contributed by atoms with van der Waals surface area (Å²) in [5, 5.41) is 12.8. The third-order valence-corrected chi connectivity index (χ3v) is 5.96. The molecule has 32 heavy (non-hydrogen) atoms. The SMILES string of the molecule is Cc1cc(Oc2cccc(NC(=O)c3cccc(C(C)(C)C#N)c3)c2)cc2sc(N)nc12. The smallest absolute Gasteiger partial charge is 0.255 e. The first-order chi connectivity index (χ1) is 15.2. The van der Waals surface area contributed by atoms with E-state index in [2.05, 4.69) is 16.4 Å². The molecule has 0 spiro atoms. The topological polar surface area (TPSA) is 101 Å². The number of nitrogens with zero attached hydrogens (tertiary/aromatic N) is 2. The van der Waals surface area contributed by atoms with Gasteiger partial charge in [0.1, 0.15) is 11.5 Å². The third kappa shape index (κ3) is 4.41. The van der Waals surface area contributed by atoms with Gasteiger partial charge in [0.15, 0.2) is 5.13 Å². The molecule has 0 saturated heterocycles. The quantitative estimate of drug-likeness (QED) is 0.393. The Morgan fingerprint density at radius 3 is 2.69 bits per heavy atom. The number of carbonyl (C=O) groups excluding carboxylic acids is 1. The number of aromatic nitrogens is 1. The molecule has 0 aliphatic rings. The second kappa shape index (κ2) is 8.33. The fraction of sp³-hybridized carbons (Fsp3) is 0.160. The molecule has 160 valence electrons. The molecule has 4 aromatic rings. The average molecular weight is 443 g/mol. The number of fused-ring (bicyclic) bond motifs is 1. The minimum absolute atomic E-state index is 0.255. The summed E-state index contributed by atoms with van der Waals surface area (Å²) in [6.07, 6.45) is 0. The lowest BCUT2D eigenvalue weighted by Crippen LogP contribution is -2.17. The number of aryl methyl sites for hydroxylation is 1. The number of nitrogens with one attached hydrogen (secondary N) is 1. The van der Waals surface area contributed by atoms with Crippen LogP contribution in [0.15, 0.2) is 60.7 Å². The van der Waals surface area contributed by atoms with Gasteiger partial charge in [0.05, 0.1) is 21.7 Å². The fourth-order valence-corrected chi connectivity index (χ4v) is 4.17. The van der Waals surface area contributed by atoms with Gasteiger partial charge in [-0.1, -0.05) is 29.5 Å². The number of rotatable bonds is 5. The summed E-state index contributed by atoms with van der Waals surface area (Å²) in [5.74, 6) is 1.02. The third-order valence-electron chi connectivity index (χ3n) is 5.13. The van der Waals surface area contributed by atoms with Crippen LogP contribution in [0.4, 0.5) is 10.8 Å². The second-order valence-electron chi connectivity index (χ2n) is 8.04. The fourth-order valence-electron chi connectivity index (χ4n) is 3.33. The normalized spacial score (nSPS) is 11.2. The number of nitrogen functional groups attached to an aromatic ring is 1. The van der Waals surface area contributed by atoms with Crippen molar-refractivity contribution >= 4 is 38.3 Å². The van der Waals surface area contributed by atoms with Crippen molar-refractivity contribution in [2.75, 3.05) is 11.1 Å². The van der Waals surface area contributed by atoms with E-state index in [1.165, 1.54) is 11.3 Å². The maximum atomic E-state index is 12.8. The molecule has 7 heteroatoms. The predicted octanol–water partition coefficient (Wildman–Crippen LogP) is 6.03. The Morgan fingerprint density at radius 1 is 1.12 bits per heavy atom. The van der Waals surface area contributed by atoms with Crippen molar-refractivity contribution in [3.63, 3.8) is 0 Å². The minimum Gasteiger partial charge on any atom is -0.457 e. The minimum atomic E-state index is -0.675. The van der Waals surface area contributed by atoms with Crippen molar-refractivity contribution in [3.05, 3.63) is 77.4 Å². The highest BCUT2D eigenvalue weighted by Crippen LogP contribution is 2.33. The van der Waals surface area contributed by atoms with Gasteiger partial charge in [0, 0.05) is 23.4 Å². The lowest BCUT2D eigenvalue weighted by molar-refractivity contribution is 0.102. The van der Waals surface area contributed by atoms with E-state index in [1.807, 2.05) is 51.1 Å². The molecule has 0 fully saturated rings. The van der Waals surface area contributed by atoms with Gasteiger partial charge in [-0.2, -0.15) is 5.26 Å². The van der Waals surface area contributed by atoms with Crippen LogP contribution in [0.2, 0.25) is 0 Å². The van der Waals surface area contributed by atoms with Crippen molar-refractivity contribution in [3.8, 4) is 17.6 Å². The second-order valence-corrected chi connectivity index (χ2v) is 9.10. The highest BCUT2D eigenvalue weighted by molar-refractivity contribution is 7.22. The monoisotopic (exact) mass is 442 g/mol. The number of nitrogens with two attached hydrogens (primary N) is 1. The maximum Gasteiger partial charge on any atom is 0.255 e. The zero-order valence-corrected chi connectivity index (χ0v) is 18.8. The van der Waals surface area contributed by atoms with Crippen LogP contribution >= 0.6 is 11.3 Å². The number of anilines is 2. The molecule has 1 aromatic heterocycles. The molecule has 4 rings (SSSR count). The highest BCUT2D eigenvalue weighted by atomic mass is 32.1. The molecule has 0 unspecified atom stereocenters. The summed E-state index contributed by atoms with van der Waals surface area (Å²) >= 11 is 1.41. The van der Waals surface area contributed by atoms with Crippen LogP contribution in [0.25, 0.3) is 10.2 Å². The summed E-state index contributed by atoms with van der Waals surface area (Å²) in [6.45, 7) is 5.61. The van der Waals surface area contributed by atoms with Crippen molar-refractivity contribution in [2.45, 2.75) is 26.2 Å². The Bertz CT molecular complexity index is 1370. The Balaban J connectivity index is 1.53. The van der Waals surface area contributed by atoms with E-state index < -0.39 is 5.41 Å². The van der Waals surface area contributed by atoms with Gasteiger partial charge in [-0.15, -0.1) is 0 Å². The molecule has 0 atom stereocenters. The number of carbonyl (C=O) groups is 1. The molecule has 3 N–H and O–H groups in total. The van der Waals surface area contributed by atoms with Crippen LogP contribution in [0.3, 0.4) is 0 Å². The predicted molar refractivity (Wildman–Crippen MR) is 128 cm³/mol. The number of amides is 1. The van der Waals surface area contributed by atoms with Gasteiger partial charge in [-0.3, -0.25) is 4.79 Å². The molecule has 0 saturated carbocycles. The zero-order chi connectivity index (χ0) is 22.9. The molecule has 1 heterocycles. The Kier molecular flexibility index (Phi) is 5.56. The van der Waals surface area contributed by atoms with Crippen LogP contribution < -0.4 is 15.8 Å². The summed E-state index contributed by atoms with van der Waals surface area (Å²) in [4.78, 5) is 17.1. The summed E-state index contributed by atoms with van der Waals surface area (Å²) < 4.78 is 6.99. The van der Waals surface area contributed by atoms with Crippen LogP contribution in [0.1, 0.15) is 35.3 Å². The molecule has 6 nitrogen and oxygen atoms in total. The number of thiazole rings is 1. The maximum absolute atomic E-state index is 12.8. The standard InChI is InChI=1S/C25H22N4O2S/c1-15-10-20(13-21-22(15)29-24(27)32-21)31-19-9-5-8-18(12-19)28-23(30)16-6-4-7-17(11-16)25(2,3)14-26/h4-13H,1-3H3,(H2,27,29)(H,28,30). The van der Waals surface area contributed by atoms with E-state index in [0.29, 0.717) is 27.9 Å². The van der Waals surface area contributed by atoms with Crippen molar-refractivity contribution in [1.29, 1.82) is 5.26 Å². The molecule has 0 aliphatic heterocycles. The molecule has 3 aromatic carbocycles. The van der Waals surface area contributed by atoms with Gasteiger partial charge in [0.2, 0.25) is 0 Å². The van der Waals surface area contributed by atoms with Crippen molar-refractivity contribution in [1.82, 2.24) is 4.98 Å². The Hall–Kier alpha value is -3.89. The van der Waals surface area contributed by atoms with Crippen LogP contribution in [0.5, 0.6) is 11.5 Å². The van der Waals surface area contributed by atoms with Gasteiger partial charge < -0.3 is 15.8 Å². The molecule has 0 bridgehead atoms. The van der Waals surface area contributed by atoms with Crippen LogP contribution in [-0.4, -0.2) is 10.9 Å². The first-order valence-electron chi connectivity index (χ1n) is 10.0. The zero-order valence-electron chi connectivity index (χ0n) is 18.0.